The molecule has 1 atom stereocenters. The molecule has 0 N–H and O–H groups in total. The molecule has 0 aliphatic carbocycles. The second-order valence-corrected chi connectivity index (χ2v) is 9.64. The molecule has 140 valence electrons. The van der Waals surface area contributed by atoms with Crippen LogP contribution in [0.1, 0.15) is 85.3 Å². The Morgan fingerprint density at radius 1 is 1.12 bits per heavy atom. The van der Waals surface area contributed by atoms with Gasteiger partial charge in [-0.25, -0.2) is 0 Å². The summed E-state index contributed by atoms with van der Waals surface area (Å²) in [6, 6.07) is 10.7. The summed E-state index contributed by atoms with van der Waals surface area (Å²) in [4.78, 5) is 6.79. The summed E-state index contributed by atoms with van der Waals surface area (Å²) in [6.07, 6.45) is 7.67. The molecule has 2 nitrogen and oxygen atoms in total. The molecule has 0 aromatic heterocycles. The van der Waals surface area contributed by atoms with Crippen LogP contribution in [0.3, 0.4) is 0 Å². The van der Waals surface area contributed by atoms with Crippen LogP contribution in [0.2, 0.25) is 0 Å². The van der Waals surface area contributed by atoms with Crippen LogP contribution in [-0.2, 0) is 4.84 Å². The second kappa shape index (κ2) is 7.63. The van der Waals surface area contributed by atoms with Gasteiger partial charge >= 0.3 is 0 Å². The monoisotopic (exact) mass is 343 g/mol. The van der Waals surface area contributed by atoms with E-state index in [0.717, 1.165) is 12.8 Å². The van der Waals surface area contributed by atoms with Gasteiger partial charge in [-0.3, -0.25) is 4.84 Å². The Labute approximate surface area is 155 Å². The molecular formula is C23H37NO. The molecule has 1 fully saturated rings. The highest BCUT2D eigenvalue weighted by Gasteiger charge is 2.44. The Bertz CT molecular complexity index is 543. The summed E-state index contributed by atoms with van der Waals surface area (Å²) in [5, 5.41) is 2.30. The van der Waals surface area contributed by atoms with E-state index in [1.165, 1.54) is 24.8 Å². The topological polar surface area (TPSA) is 12.5 Å². The maximum absolute atomic E-state index is 6.79. The maximum atomic E-state index is 6.79. The van der Waals surface area contributed by atoms with Gasteiger partial charge in [0.25, 0.3) is 0 Å². The van der Waals surface area contributed by atoms with Crippen LogP contribution in [0.5, 0.6) is 0 Å². The van der Waals surface area contributed by atoms with Crippen LogP contribution in [0, 0.1) is 5.41 Å². The van der Waals surface area contributed by atoms with Gasteiger partial charge in [0, 0.05) is 11.1 Å². The highest BCUT2D eigenvalue weighted by molar-refractivity contribution is 5.18. The van der Waals surface area contributed by atoms with Gasteiger partial charge in [-0.1, -0.05) is 50.3 Å². The van der Waals surface area contributed by atoms with Crippen LogP contribution in [0.4, 0.5) is 0 Å². The molecule has 0 spiro atoms. The van der Waals surface area contributed by atoms with Crippen LogP contribution >= 0.6 is 0 Å². The fourth-order valence-electron chi connectivity index (χ4n) is 4.25. The van der Waals surface area contributed by atoms with Crippen LogP contribution in [-0.4, -0.2) is 16.1 Å². The molecule has 0 bridgehead atoms. The lowest BCUT2D eigenvalue weighted by atomic mass is 9.81. The van der Waals surface area contributed by atoms with E-state index in [1.54, 1.807) is 0 Å². The number of rotatable bonds is 7. The van der Waals surface area contributed by atoms with Crippen molar-refractivity contribution in [3.63, 3.8) is 0 Å². The molecule has 1 aromatic carbocycles. The summed E-state index contributed by atoms with van der Waals surface area (Å²) in [5.41, 5.74) is 1.53. The fraction of sp³-hybridized carbons (Fsp3) is 0.652. The van der Waals surface area contributed by atoms with Gasteiger partial charge in [-0.05, 0) is 70.8 Å². The average molecular weight is 344 g/mol. The lowest BCUT2D eigenvalue weighted by Crippen LogP contribution is -2.58. The van der Waals surface area contributed by atoms with Gasteiger partial charge in [0.1, 0.15) is 6.10 Å². The van der Waals surface area contributed by atoms with Crippen molar-refractivity contribution in [2.24, 2.45) is 5.41 Å². The Balaban J connectivity index is 2.30. The molecule has 1 heterocycles. The number of benzene rings is 1. The zero-order valence-corrected chi connectivity index (χ0v) is 17.1. The molecule has 0 saturated carbocycles. The maximum Gasteiger partial charge on any atom is 0.105 e. The third-order valence-electron chi connectivity index (χ3n) is 5.52. The van der Waals surface area contributed by atoms with Crippen molar-refractivity contribution in [2.45, 2.75) is 90.8 Å². The van der Waals surface area contributed by atoms with Crippen molar-refractivity contribution in [3.8, 4) is 0 Å². The number of hydroxylamine groups is 2. The fourth-order valence-corrected chi connectivity index (χ4v) is 4.25. The largest absolute Gasteiger partial charge is 0.290 e. The summed E-state index contributed by atoms with van der Waals surface area (Å²) >= 11 is 0. The summed E-state index contributed by atoms with van der Waals surface area (Å²) in [7, 11) is 0. The molecule has 1 aromatic rings. The van der Waals surface area contributed by atoms with E-state index in [2.05, 4.69) is 83.5 Å². The van der Waals surface area contributed by atoms with Crippen molar-refractivity contribution in [2.75, 3.05) is 0 Å². The van der Waals surface area contributed by atoms with E-state index in [1.807, 2.05) is 6.08 Å². The SMILES string of the molecule is C=CCC(C)(C)CC(ON1C(C)(C)CCCC1(C)C)c1ccccc1. The van der Waals surface area contributed by atoms with Gasteiger partial charge in [-0.2, -0.15) is 5.06 Å². The van der Waals surface area contributed by atoms with Crippen LogP contribution in [0.15, 0.2) is 43.0 Å². The number of nitrogens with zero attached hydrogens (tertiary/aromatic N) is 1. The molecule has 1 unspecified atom stereocenters. The van der Waals surface area contributed by atoms with Gasteiger partial charge in [0.15, 0.2) is 0 Å². The molecule has 0 amide bonds. The predicted octanol–water partition coefficient (Wildman–Crippen LogP) is 6.69. The highest BCUT2D eigenvalue weighted by Crippen LogP contribution is 2.43. The Kier molecular flexibility index (Phi) is 6.17. The zero-order chi connectivity index (χ0) is 18.7. The first-order chi connectivity index (χ1) is 11.6. The molecular weight excluding hydrogens is 306 g/mol. The van der Waals surface area contributed by atoms with E-state index in [-0.39, 0.29) is 22.6 Å². The van der Waals surface area contributed by atoms with E-state index < -0.39 is 0 Å². The van der Waals surface area contributed by atoms with Gasteiger partial charge in [-0.15, -0.1) is 6.58 Å². The smallest absolute Gasteiger partial charge is 0.105 e. The van der Waals surface area contributed by atoms with E-state index >= 15 is 0 Å². The first kappa shape index (κ1) is 20.2. The lowest BCUT2D eigenvalue weighted by Gasteiger charge is -2.52. The predicted molar refractivity (Wildman–Crippen MR) is 107 cm³/mol. The Morgan fingerprint density at radius 2 is 1.68 bits per heavy atom. The molecule has 1 aliphatic heterocycles. The average Bonchev–Trinajstić information content (AvgIpc) is 2.50. The summed E-state index contributed by atoms with van der Waals surface area (Å²) in [6.45, 7) is 17.8. The lowest BCUT2D eigenvalue weighted by molar-refractivity contribution is -0.311. The molecule has 25 heavy (non-hydrogen) atoms. The zero-order valence-electron chi connectivity index (χ0n) is 17.1. The van der Waals surface area contributed by atoms with Gasteiger partial charge in [0.2, 0.25) is 0 Å². The molecule has 2 rings (SSSR count). The quantitative estimate of drug-likeness (QED) is 0.511. The summed E-state index contributed by atoms with van der Waals surface area (Å²) < 4.78 is 0. The van der Waals surface area contributed by atoms with Crippen LogP contribution in [0.25, 0.3) is 0 Å². The van der Waals surface area contributed by atoms with E-state index in [9.17, 15) is 0 Å². The number of piperidine rings is 1. The number of hydrogen-bond donors (Lipinski definition) is 0. The van der Waals surface area contributed by atoms with E-state index in [0.29, 0.717) is 0 Å². The number of allylic oxidation sites excluding steroid dienone is 1. The second-order valence-electron chi connectivity index (χ2n) is 9.64. The third kappa shape index (κ3) is 5.18. The standard InChI is InChI=1S/C23H37NO/c1-8-15-21(2,3)18-20(19-13-10-9-11-14-19)25-24-22(4,5)16-12-17-23(24,6)7/h8-11,13-14,20H,1,12,15-18H2,2-7H3. The van der Waals surface area contributed by atoms with Crippen LogP contribution < -0.4 is 0 Å². The van der Waals surface area contributed by atoms with Gasteiger partial charge < -0.3 is 0 Å². The molecule has 1 aliphatic rings. The van der Waals surface area contributed by atoms with Crippen molar-refractivity contribution in [1.29, 1.82) is 0 Å². The summed E-state index contributed by atoms with van der Waals surface area (Å²) in [5.74, 6) is 0. The minimum absolute atomic E-state index is 0.0529. The van der Waals surface area contributed by atoms with Crippen molar-refractivity contribution in [1.82, 2.24) is 5.06 Å². The molecule has 1 saturated heterocycles. The Hall–Kier alpha value is -1.12. The highest BCUT2D eigenvalue weighted by atomic mass is 16.7. The number of hydrogen-bond acceptors (Lipinski definition) is 2. The Morgan fingerprint density at radius 3 is 2.20 bits per heavy atom. The normalized spacial score (nSPS) is 21.7. The van der Waals surface area contributed by atoms with Crippen molar-refractivity contribution >= 4 is 0 Å². The van der Waals surface area contributed by atoms with E-state index in [4.69, 9.17) is 4.84 Å². The first-order valence-corrected chi connectivity index (χ1v) is 9.70. The van der Waals surface area contributed by atoms with Gasteiger partial charge in [0.05, 0.1) is 0 Å². The molecule has 0 radical (unpaired) electrons. The van der Waals surface area contributed by atoms with Crippen molar-refractivity contribution in [3.05, 3.63) is 48.6 Å². The van der Waals surface area contributed by atoms with Crippen molar-refractivity contribution < 1.29 is 4.84 Å². The third-order valence-corrected chi connectivity index (χ3v) is 5.52. The minimum Gasteiger partial charge on any atom is -0.290 e. The molecule has 2 heteroatoms. The minimum atomic E-state index is 0.0529. The first-order valence-electron chi connectivity index (χ1n) is 9.70.